The van der Waals surface area contributed by atoms with Gasteiger partial charge >= 0.3 is 5.69 Å². The van der Waals surface area contributed by atoms with Crippen molar-refractivity contribution < 1.29 is 9.26 Å². The van der Waals surface area contributed by atoms with E-state index in [9.17, 15) is 4.79 Å². The molecule has 0 bridgehead atoms. The van der Waals surface area contributed by atoms with Gasteiger partial charge in [-0.3, -0.25) is 9.55 Å². The predicted molar refractivity (Wildman–Crippen MR) is 92.8 cm³/mol. The molecule has 0 spiro atoms. The van der Waals surface area contributed by atoms with E-state index in [1.54, 1.807) is 17.7 Å². The molecule has 0 saturated carbocycles. The van der Waals surface area contributed by atoms with Gasteiger partial charge in [-0.2, -0.15) is 4.98 Å². The third-order valence-corrected chi connectivity index (χ3v) is 4.66. The molecule has 1 aliphatic rings. The number of imidazole rings is 1. The van der Waals surface area contributed by atoms with Crippen molar-refractivity contribution in [3.8, 4) is 11.4 Å². The quantitative estimate of drug-likeness (QED) is 0.490. The summed E-state index contributed by atoms with van der Waals surface area (Å²) < 4.78 is 12.7. The molecule has 132 valence electrons. The van der Waals surface area contributed by atoms with Gasteiger partial charge in [-0.05, 0) is 19.1 Å². The number of hydrogen-bond acceptors (Lipinski definition) is 7. The van der Waals surface area contributed by atoms with E-state index in [-0.39, 0.29) is 5.69 Å². The Morgan fingerprint density at radius 2 is 2.07 bits per heavy atom. The Balaban J connectivity index is 1.59. The van der Waals surface area contributed by atoms with Gasteiger partial charge in [0, 0.05) is 17.1 Å². The van der Waals surface area contributed by atoms with Crippen LogP contribution < -0.4 is 10.4 Å². The average molecular weight is 361 g/mol. The Bertz CT molecular complexity index is 1410. The summed E-state index contributed by atoms with van der Waals surface area (Å²) in [5.74, 6) is 1.53. The van der Waals surface area contributed by atoms with Gasteiger partial charge in [0.1, 0.15) is 5.52 Å². The molecule has 0 radical (unpaired) electrons. The fourth-order valence-electron chi connectivity index (χ4n) is 3.49. The first-order valence-corrected chi connectivity index (χ1v) is 8.25. The molecule has 0 fully saturated rings. The van der Waals surface area contributed by atoms with E-state index in [4.69, 9.17) is 9.26 Å². The lowest BCUT2D eigenvalue weighted by Gasteiger charge is -2.30. The number of nitrogens with one attached hydrogen (secondary N) is 2. The molecule has 1 unspecified atom stereocenters. The number of nitrogens with zero attached hydrogens (tertiary/aromatic N) is 5. The molecule has 5 heterocycles. The van der Waals surface area contributed by atoms with Crippen molar-refractivity contribution in [2.45, 2.75) is 13.0 Å². The van der Waals surface area contributed by atoms with Crippen LogP contribution in [-0.2, 0) is 0 Å². The maximum absolute atomic E-state index is 12.7. The molecule has 6 rings (SSSR count). The molecule has 1 aromatic carbocycles. The Kier molecular flexibility index (Phi) is 2.54. The first-order chi connectivity index (χ1) is 13.2. The summed E-state index contributed by atoms with van der Waals surface area (Å²) in [4.78, 5) is 22.7. The molecule has 2 N–H and O–H groups in total. The van der Waals surface area contributed by atoms with Crippen LogP contribution in [0.5, 0.6) is 5.75 Å². The normalized spacial score (nSPS) is 15.7. The highest BCUT2D eigenvalue weighted by Gasteiger charge is 2.37. The van der Waals surface area contributed by atoms with E-state index >= 15 is 0 Å². The number of para-hydroxylation sites is 1. The molecule has 4 aromatic heterocycles. The van der Waals surface area contributed by atoms with E-state index in [1.165, 1.54) is 0 Å². The number of hydrogen-bond donors (Lipinski definition) is 2. The molecule has 0 aliphatic carbocycles. The van der Waals surface area contributed by atoms with Crippen LogP contribution in [-0.4, -0.2) is 34.9 Å². The van der Waals surface area contributed by atoms with Crippen LogP contribution in [0.4, 0.5) is 0 Å². The summed E-state index contributed by atoms with van der Waals surface area (Å²) in [6.07, 6.45) is 1.32. The summed E-state index contributed by atoms with van der Waals surface area (Å²) in [6, 6.07) is 7.46. The van der Waals surface area contributed by atoms with E-state index < -0.39 is 6.10 Å². The Morgan fingerprint density at radius 1 is 1.19 bits per heavy atom. The van der Waals surface area contributed by atoms with Crippen molar-refractivity contribution in [1.82, 2.24) is 34.9 Å². The minimum Gasteiger partial charge on any atom is -0.473 e. The summed E-state index contributed by atoms with van der Waals surface area (Å²) in [6.45, 7) is 1.75. The van der Waals surface area contributed by atoms with Gasteiger partial charge in [-0.25, -0.2) is 4.79 Å². The molecule has 10 nitrogen and oxygen atoms in total. The number of aromatic nitrogens is 7. The topological polar surface area (TPSA) is 128 Å². The molecule has 1 aliphatic heterocycles. The zero-order valence-corrected chi connectivity index (χ0v) is 13.9. The maximum Gasteiger partial charge on any atom is 0.332 e. The van der Waals surface area contributed by atoms with Crippen LogP contribution in [0.15, 0.2) is 39.8 Å². The SMILES string of the molecule is Cc1noc(C2Oc3c2cccc3-n2c(=O)[nH]c3nnc4[nH]ccc4c32)n1. The summed E-state index contributed by atoms with van der Waals surface area (Å²) in [5.41, 5.74) is 2.83. The highest BCUT2D eigenvalue weighted by atomic mass is 16.5. The van der Waals surface area contributed by atoms with Crippen molar-refractivity contribution in [1.29, 1.82) is 0 Å². The van der Waals surface area contributed by atoms with Crippen molar-refractivity contribution in [2.24, 2.45) is 0 Å². The van der Waals surface area contributed by atoms with Crippen LogP contribution in [0.1, 0.15) is 23.4 Å². The second-order valence-corrected chi connectivity index (χ2v) is 6.28. The van der Waals surface area contributed by atoms with Crippen molar-refractivity contribution in [2.75, 3.05) is 0 Å². The first-order valence-electron chi connectivity index (χ1n) is 8.25. The van der Waals surface area contributed by atoms with Crippen LogP contribution in [0.25, 0.3) is 27.9 Å². The smallest absolute Gasteiger partial charge is 0.332 e. The van der Waals surface area contributed by atoms with Gasteiger partial charge in [0.2, 0.25) is 6.10 Å². The number of fused-ring (bicyclic) bond motifs is 4. The van der Waals surface area contributed by atoms with E-state index in [0.29, 0.717) is 40.0 Å². The molecule has 0 amide bonds. The van der Waals surface area contributed by atoms with Gasteiger partial charge in [0.25, 0.3) is 5.89 Å². The lowest BCUT2D eigenvalue weighted by atomic mass is 10.0. The molecule has 10 heteroatoms. The van der Waals surface area contributed by atoms with Gasteiger partial charge in [-0.15, -0.1) is 10.2 Å². The van der Waals surface area contributed by atoms with Crippen LogP contribution >= 0.6 is 0 Å². The van der Waals surface area contributed by atoms with Gasteiger partial charge in [-0.1, -0.05) is 17.3 Å². The number of benzene rings is 1. The number of ether oxygens (including phenoxy) is 1. The minimum absolute atomic E-state index is 0.318. The molecule has 5 aromatic rings. The molecular weight excluding hydrogens is 350 g/mol. The summed E-state index contributed by atoms with van der Waals surface area (Å²) in [7, 11) is 0. The zero-order chi connectivity index (χ0) is 18.1. The maximum atomic E-state index is 12.7. The summed E-state index contributed by atoms with van der Waals surface area (Å²) >= 11 is 0. The third-order valence-electron chi connectivity index (χ3n) is 4.66. The molecule has 1 atom stereocenters. The lowest BCUT2D eigenvalue weighted by Crippen LogP contribution is -2.25. The van der Waals surface area contributed by atoms with Crippen molar-refractivity contribution >= 4 is 22.2 Å². The first kappa shape index (κ1) is 14.2. The second-order valence-electron chi connectivity index (χ2n) is 6.28. The van der Waals surface area contributed by atoms with Crippen molar-refractivity contribution in [3.63, 3.8) is 0 Å². The fraction of sp³-hybridized carbons (Fsp3) is 0.118. The Hall–Kier alpha value is -3.95. The van der Waals surface area contributed by atoms with E-state index in [1.807, 2.05) is 24.3 Å². The zero-order valence-electron chi connectivity index (χ0n) is 13.9. The molecule has 27 heavy (non-hydrogen) atoms. The van der Waals surface area contributed by atoms with Gasteiger partial charge < -0.3 is 14.2 Å². The number of aryl methyl sites for hydroxylation is 1. The van der Waals surface area contributed by atoms with E-state index in [2.05, 4.69) is 30.3 Å². The number of rotatable bonds is 2. The molecule has 0 saturated heterocycles. The van der Waals surface area contributed by atoms with Crippen LogP contribution in [0, 0.1) is 6.92 Å². The van der Waals surface area contributed by atoms with Crippen LogP contribution in [0.3, 0.4) is 0 Å². The minimum atomic E-state index is -0.436. The number of aromatic amines is 2. The highest BCUT2D eigenvalue weighted by molar-refractivity contribution is 6.00. The fourth-order valence-corrected chi connectivity index (χ4v) is 3.49. The summed E-state index contributed by atoms with van der Waals surface area (Å²) in [5, 5.41) is 12.8. The van der Waals surface area contributed by atoms with Crippen LogP contribution in [0.2, 0.25) is 0 Å². The lowest BCUT2D eigenvalue weighted by molar-refractivity contribution is 0.143. The number of H-pyrrole nitrogens is 2. The largest absolute Gasteiger partial charge is 0.473 e. The highest BCUT2D eigenvalue weighted by Crippen LogP contribution is 2.46. The Labute approximate surface area is 149 Å². The average Bonchev–Trinajstić information content (AvgIpc) is 3.33. The monoisotopic (exact) mass is 361 g/mol. The van der Waals surface area contributed by atoms with Gasteiger partial charge in [0.15, 0.2) is 22.9 Å². The second kappa shape index (κ2) is 4.81. The van der Waals surface area contributed by atoms with E-state index in [0.717, 1.165) is 10.9 Å². The van der Waals surface area contributed by atoms with Crippen molar-refractivity contribution in [3.05, 3.63) is 58.2 Å². The third kappa shape index (κ3) is 1.81. The Morgan fingerprint density at radius 3 is 2.93 bits per heavy atom. The molecular formula is C17H11N7O3. The van der Waals surface area contributed by atoms with Gasteiger partial charge in [0.05, 0.1) is 5.69 Å². The predicted octanol–water partition coefficient (Wildman–Crippen LogP) is 1.76. The standard InChI is InChI=1S/C17H11N7O3/c1-7-19-16(27-23-7)13-9-3-2-4-10(12(9)26-13)24-11-8-5-6-18-14(8)21-22-15(11)20-17(24)25/h2-6,13H,1H3,(H,18,21)(H,20,22,25).